The normalized spacial score (nSPS) is 10.8. The Kier molecular flexibility index (Phi) is 5.01. The van der Waals surface area contributed by atoms with E-state index in [1.54, 1.807) is 36.7 Å². The highest BCUT2D eigenvalue weighted by atomic mass is 16.2. The Labute approximate surface area is 184 Å². The highest BCUT2D eigenvalue weighted by molar-refractivity contribution is 6.15. The van der Waals surface area contributed by atoms with Crippen LogP contribution in [0.25, 0.3) is 21.5 Å². The number of nitrogens with one attached hydrogen (secondary N) is 2. The van der Waals surface area contributed by atoms with E-state index >= 15 is 0 Å². The second-order valence-corrected chi connectivity index (χ2v) is 7.22. The standard InChI is InChI=1S/C26H18N4O2/c31-25(23-19-9-3-1-7-17(19)13-15-27-23)29-21-11-5-6-12-22(21)30-26(32)24-20-10-4-2-8-18(20)14-16-28-24/h1-16H,(H,29,31)(H,30,32). The third kappa shape index (κ3) is 3.65. The number of para-hydroxylation sites is 2. The molecule has 6 heteroatoms. The molecule has 5 aromatic rings. The number of benzene rings is 3. The first-order chi connectivity index (χ1) is 15.7. The van der Waals surface area contributed by atoms with Gasteiger partial charge in [0.1, 0.15) is 11.4 Å². The Morgan fingerprint density at radius 1 is 0.531 bits per heavy atom. The number of amides is 2. The minimum atomic E-state index is -0.355. The van der Waals surface area contributed by atoms with Crippen LogP contribution < -0.4 is 10.6 Å². The van der Waals surface area contributed by atoms with Crippen molar-refractivity contribution in [3.05, 3.63) is 109 Å². The maximum atomic E-state index is 13.0. The molecule has 0 aliphatic heterocycles. The summed E-state index contributed by atoms with van der Waals surface area (Å²) >= 11 is 0. The van der Waals surface area contributed by atoms with Crippen molar-refractivity contribution in [1.29, 1.82) is 0 Å². The molecule has 5 rings (SSSR count). The van der Waals surface area contributed by atoms with Gasteiger partial charge in [-0.3, -0.25) is 19.6 Å². The second-order valence-electron chi connectivity index (χ2n) is 7.22. The van der Waals surface area contributed by atoms with E-state index in [-0.39, 0.29) is 11.8 Å². The molecule has 2 amide bonds. The maximum absolute atomic E-state index is 13.0. The lowest BCUT2D eigenvalue weighted by molar-refractivity contribution is 0.101. The molecule has 0 fully saturated rings. The third-order valence-corrected chi connectivity index (χ3v) is 5.20. The van der Waals surface area contributed by atoms with Gasteiger partial charge >= 0.3 is 0 Å². The zero-order chi connectivity index (χ0) is 21.9. The summed E-state index contributed by atoms with van der Waals surface area (Å²) in [6.45, 7) is 0. The van der Waals surface area contributed by atoms with Crippen LogP contribution in [-0.4, -0.2) is 21.8 Å². The molecule has 0 aliphatic carbocycles. The SMILES string of the molecule is O=C(Nc1ccccc1NC(=O)c1nccc2ccccc12)c1nccc2ccccc12. The summed E-state index contributed by atoms with van der Waals surface area (Å²) in [5.74, 6) is -0.710. The zero-order valence-corrected chi connectivity index (χ0v) is 16.9. The van der Waals surface area contributed by atoms with Gasteiger partial charge in [0.25, 0.3) is 11.8 Å². The number of hydrogen-bond donors (Lipinski definition) is 2. The molecule has 154 valence electrons. The number of fused-ring (bicyclic) bond motifs is 2. The van der Waals surface area contributed by atoms with E-state index in [4.69, 9.17) is 0 Å². The van der Waals surface area contributed by atoms with E-state index in [1.165, 1.54) is 0 Å². The molecule has 0 aliphatic rings. The maximum Gasteiger partial charge on any atom is 0.274 e. The van der Waals surface area contributed by atoms with Crippen molar-refractivity contribution < 1.29 is 9.59 Å². The molecule has 3 aromatic carbocycles. The summed E-state index contributed by atoms with van der Waals surface area (Å²) in [5, 5.41) is 9.12. The minimum absolute atomic E-state index is 0.319. The largest absolute Gasteiger partial charge is 0.319 e. The Balaban J connectivity index is 1.44. The molecular weight excluding hydrogens is 400 g/mol. The van der Waals surface area contributed by atoms with Crippen molar-refractivity contribution in [2.24, 2.45) is 0 Å². The number of nitrogens with zero attached hydrogens (tertiary/aromatic N) is 2. The highest BCUT2D eigenvalue weighted by Gasteiger charge is 2.16. The van der Waals surface area contributed by atoms with Crippen LogP contribution in [0.5, 0.6) is 0 Å². The summed E-state index contributed by atoms with van der Waals surface area (Å²) in [5.41, 5.74) is 1.58. The van der Waals surface area contributed by atoms with E-state index in [0.717, 1.165) is 21.5 Å². The fourth-order valence-electron chi connectivity index (χ4n) is 3.67. The first kappa shape index (κ1) is 19.4. The Morgan fingerprint density at radius 3 is 1.41 bits per heavy atom. The van der Waals surface area contributed by atoms with Gasteiger partial charge < -0.3 is 10.6 Å². The van der Waals surface area contributed by atoms with E-state index in [0.29, 0.717) is 22.8 Å². The van der Waals surface area contributed by atoms with E-state index in [9.17, 15) is 9.59 Å². The molecule has 2 heterocycles. The summed E-state index contributed by atoms with van der Waals surface area (Å²) in [6.07, 6.45) is 3.22. The molecule has 0 spiro atoms. The average Bonchev–Trinajstić information content (AvgIpc) is 2.84. The minimum Gasteiger partial charge on any atom is -0.319 e. The number of aromatic nitrogens is 2. The predicted octanol–water partition coefficient (Wildman–Crippen LogP) is 5.29. The topological polar surface area (TPSA) is 84.0 Å². The molecule has 0 saturated carbocycles. The lowest BCUT2D eigenvalue weighted by Gasteiger charge is -2.13. The van der Waals surface area contributed by atoms with Crippen LogP contribution in [0.15, 0.2) is 97.3 Å². The molecule has 2 aromatic heterocycles. The monoisotopic (exact) mass is 418 g/mol. The van der Waals surface area contributed by atoms with Gasteiger partial charge in [-0.1, -0.05) is 60.7 Å². The van der Waals surface area contributed by atoms with Crippen molar-refractivity contribution in [2.45, 2.75) is 0 Å². The van der Waals surface area contributed by atoms with Crippen LogP contribution in [-0.2, 0) is 0 Å². The summed E-state index contributed by atoms with van der Waals surface area (Å²) in [6, 6.07) is 25.9. The van der Waals surface area contributed by atoms with Gasteiger partial charge in [0, 0.05) is 23.2 Å². The van der Waals surface area contributed by atoms with Gasteiger partial charge in [-0.25, -0.2) is 0 Å². The van der Waals surface area contributed by atoms with Crippen molar-refractivity contribution in [3.63, 3.8) is 0 Å². The van der Waals surface area contributed by atoms with Crippen LogP contribution in [0.1, 0.15) is 21.0 Å². The molecule has 0 unspecified atom stereocenters. The fraction of sp³-hybridized carbons (Fsp3) is 0. The summed E-state index contributed by atoms with van der Waals surface area (Å²) in [4.78, 5) is 34.6. The van der Waals surface area contributed by atoms with Gasteiger partial charge in [0.2, 0.25) is 0 Å². The van der Waals surface area contributed by atoms with Crippen LogP contribution >= 0.6 is 0 Å². The number of hydrogen-bond acceptors (Lipinski definition) is 4. The zero-order valence-electron chi connectivity index (χ0n) is 16.9. The number of carbonyl (C=O) groups is 2. The number of pyridine rings is 2. The first-order valence-corrected chi connectivity index (χ1v) is 10.1. The lowest BCUT2D eigenvalue weighted by Crippen LogP contribution is -2.18. The molecular formula is C26H18N4O2. The first-order valence-electron chi connectivity index (χ1n) is 10.1. The molecule has 2 N–H and O–H groups in total. The van der Waals surface area contributed by atoms with E-state index in [1.807, 2.05) is 60.7 Å². The molecule has 0 bridgehead atoms. The van der Waals surface area contributed by atoms with E-state index < -0.39 is 0 Å². The van der Waals surface area contributed by atoms with Gasteiger partial charge in [0.15, 0.2) is 0 Å². The highest BCUT2D eigenvalue weighted by Crippen LogP contribution is 2.25. The summed E-state index contributed by atoms with van der Waals surface area (Å²) in [7, 11) is 0. The van der Waals surface area contributed by atoms with Crippen LogP contribution in [0.3, 0.4) is 0 Å². The van der Waals surface area contributed by atoms with Gasteiger partial charge in [-0.2, -0.15) is 0 Å². The van der Waals surface area contributed by atoms with Crippen molar-refractivity contribution in [2.75, 3.05) is 10.6 Å². The Bertz CT molecular complexity index is 1360. The van der Waals surface area contributed by atoms with Gasteiger partial charge in [-0.05, 0) is 35.0 Å². The lowest BCUT2D eigenvalue weighted by atomic mass is 10.1. The van der Waals surface area contributed by atoms with Crippen molar-refractivity contribution in [3.8, 4) is 0 Å². The average molecular weight is 418 g/mol. The fourth-order valence-corrected chi connectivity index (χ4v) is 3.67. The van der Waals surface area contributed by atoms with Crippen LogP contribution in [0.2, 0.25) is 0 Å². The molecule has 0 atom stereocenters. The molecule has 0 saturated heterocycles. The third-order valence-electron chi connectivity index (χ3n) is 5.20. The number of anilines is 2. The summed E-state index contributed by atoms with van der Waals surface area (Å²) < 4.78 is 0. The van der Waals surface area contributed by atoms with Crippen molar-refractivity contribution >= 4 is 44.7 Å². The molecule has 0 radical (unpaired) electrons. The van der Waals surface area contributed by atoms with Crippen LogP contribution in [0, 0.1) is 0 Å². The predicted molar refractivity (Wildman–Crippen MR) is 126 cm³/mol. The Hall–Kier alpha value is -4.58. The molecule has 6 nitrogen and oxygen atoms in total. The Morgan fingerprint density at radius 2 is 0.938 bits per heavy atom. The molecule has 32 heavy (non-hydrogen) atoms. The smallest absolute Gasteiger partial charge is 0.274 e. The van der Waals surface area contributed by atoms with Crippen molar-refractivity contribution in [1.82, 2.24) is 9.97 Å². The number of rotatable bonds is 4. The van der Waals surface area contributed by atoms with Gasteiger partial charge in [-0.15, -0.1) is 0 Å². The van der Waals surface area contributed by atoms with E-state index in [2.05, 4.69) is 20.6 Å². The quantitative estimate of drug-likeness (QED) is 0.415. The van der Waals surface area contributed by atoms with Gasteiger partial charge in [0.05, 0.1) is 11.4 Å². The van der Waals surface area contributed by atoms with Crippen LogP contribution in [0.4, 0.5) is 11.4 Å². The number of carbonyl (C=O) groups excluding carboxylic acids is 2. The second kappa shape index (κ2) is 8.28.